The van der Waals surface area contributed by atoms with Crippen molar-refractivity contribution in [2.45, 2.75) is 32.1 Å². The Bertz CT molecular complexity index is 852. The van der Waals surface area contributed by atoms with Gasteiger partial charge in [0.25, 0.3) is 0 Å². The predicted octanol–water partition coefficient (Wildman–Crippen LogP) is 2.91. The van der Waals surface area contributed by atoms with Gasteiger partial charge in [-0.15, -0.1) is 0 Å². The molecule has 0 aromatic rings. The largest absolute Gasteiger partial charge is 0.463 e. The molecule has 15 atom stereocenters. The number of rotatable bonds is 5. The topological polar surface area (TPSA) is 87.0 Å². The summed E-state index contributed by atoms with van der Waals surface area (Å²) < 4.78 is 5.15. The molecule has 0 heterocycles. The first-order valence-corrected chi connectivity index (χ1v) is 14.0. The van der Waals surface area contributed by atoms with E-state index in [1.54, 1.807) is 0 Å². The summed E-state index contributed by atoms with van der Waals surface area (Å²) in [5, 5.41) is 27.8. The second-order valence-electron chi connectivity index (χ2n) is 12.9. The van der Waals surface area contributed by atoms with E-state index in [9.17, 15) is 15.0 Å². The summed E-state index contributed by atoms with van der Waals surface area (Å²) in [6.07, 6.45) is 15.9. The molecule has 3 N–H and O–H groups in total. The van der Waals surface area contributed by atoms with Gasteiger partial charge in [-0.3, -0.25) is 4.79 Å². The van der Waals surface area contributed by atoms with E-state index < -0.39 is 0 Å². The Labute approximate surface area is 202 Å². The number of hydrogen-bond acceptors (Lipinski definition) is 5. The highest BCUT2D eigenvalue weighted by molar-refractivity contribution is 5.73. The number of aliphatic hydroxyl groups excluding tert-OH is 3. The number of allylic oxidation sites excluding steroid dienone is 4. The van der Waals surface area contributed by atoms with E-state index in [1.807, 2.05) is 0 Å². The molecule has 8 aliphatic rings. The zero-order valence-electron chi connectivity index (χ0n) is 20.0. The molecule has 5 heteroatoms. The fourth-order valence-corrected chi connectivity index (χ4v) is 11.4. The molecular weight excluding hydrogens is 428 g/mol. The second-order valence-corrected chi connectivity index (χ2v) is 12.9. The van der Waals surface area contributed by atoms with E-state index >= 15 is 0 Å². The van der Waals surface area contributed by atoms with Gasteiger partial charge in [0.1, 0.15) is 6.61 Å². The molecule has 0 radical (unpaired) electrons. The molecule has 0 saturated heterocycles. The lowest BCUT2D eigenvalue weighted by atomic mass is 9.65. The molecule has 8 rings (SSSR count). The molecule has 6 saturated carbocycles. The van der Waals surface area contributed by atoms with E-state index in [4.69, 9.17) is 9.84 Å². The molecular formula is C29H40O5. The Kier molecular flexibility index (Phi) is 5.30. The highest BCUT2D eigenvalue weighted by Gasteiger charge is 2.64. The van der Waals surface area contributed by atoms with Crippen LogP contribution in [0.1, 0.15) is 32.1 Å². The van der Waals surface area contributed by atoms with Gasteiger partial charge in [-0.25, -0.2) is 0 Å². The number of carbonyl (C=O) groups is 1. The van der Waals surface area contributed by atoms with Crippen molar-refractivity contribution in [1.29, 1.82) is 0 Å². The molecule has 0 aliphatic heterocycles. The molecule has 5 nitrogen and oxygen atoms in total. The Hall–Kier alpha value is -1.17. The van der Waals surface area contributed by atoms with Gasteiger partial charge < -0.3 is 20.1 Å². The summed E-state index contributed by atoms with van der Waals surface area (Å²) in [6, 6.07) is 0. The van der Waals surface area contributed by atoms with E-state index in [1.165, 1.54) is 25.7 Å². The predicted molar refractivity (Wildman–Crippen MR) is 126 cm³/mol. The third-order valence-electron chi connectivity index (χ3n) is 12.1. The Morgan fingerprint density at radius 1 is 0.676 bits per heavy atom. The molecule has 186 valence electrons. The lowest BCUT2D eigenvalue weighted by Crippen LogP contribution is -2.39. The maximum Gasteiger partial charge on any atom is 0.309 e. The zero-order valence-corrected chi connectivity index (χ0v) is 20.0. The third kappa shape index (κ3) is 2.93. The molecule has 8 bridgehead atoms. The van der Waals surface area contributed by atoms with Crippen molar-refractivity contribution in [3.05, 3.63) is 24.3 Å². The number of aliphatic hydroxyl groups is 3. The van der Waals surface area contributed by atoms with Crippen LogP contribution in [-0.4, -0.2) is 47.7 Å². The maximum atomic E-state index is 12.0. The van der Waals surface area contributed by atoms with Crippen LogP contribution in [0.25, 0.3) is 0 Å². The van der Waals surface area contributed by atoms with Gasteiger partial charge in [-0.05, 0) is 115 Å². The van der Waals surface area contributed by atoms with E-state index in [0.29, 0.717) is 29.6 Å². The van der Waals surface area contributed by atoms with Crippen molar-refractivity contribution in [3.63, 3.8) is 0 Å². The maximum absolute atomic E-state index is 12.0. The lowest BCUT2D eigenvalue weighted by molar-refractivity contribution is -0.152. The summed E-state index contributed by atoms with van der Waals surface area (Å²) >= 11 is 0. The number of fused-ring (bicyclic) bond motifs is 18. The Balaban J connectivity index is 0.000000118. The minimum atomic E-state index is -0.0634. The smallest absolute Gasteiger partial charge is 0.309 e. The lowest BCUT2D eigenvalue weighted by Gasteiger charge is -2.40. The van der Waals surface area contributed by atoms with Crippen molar-refractivity contribution >= 4 is 5.97 Å². The highest BCUT2D eigenvalue weighted by atomic mass is 16.5. The van der Waals surface area contributed by atoms with Gasteiger partial charge in [-0.2, -0.15) is 0 Å². The minimum Gasteiger partial charge on any atom is -0.463 e. The van der Waals surface area contributed by atoms with Crippen molar-refractivity contribution < 1.29 is 24.9 Å². The Morgan fingerprint density at radius 2 is 1.21 bits per heavy atom. The van der Waals surface area contributed by atoms with Crippen molar-refractivity contribution in [3.8, 4) is 0 Å². The number of esters is 1. The van der Waals surface area contributed by atoms with Gasteiger partial charge in [0.2, 0.25) is 0 Å². The van der Waals surface area contributed by atoms with Gasteiger partial charge in [-0.1, -0.05) is 24.3 Å². The number of ether oxygens (including phenoxy) is 1. The SMILES string of the molecule is O=C(OCCO)C1CC2CC1C1C3C=CC(C3)C21.OCC1C(CO)C2CC1C1C3C=CC(C3)C21. The van der Waals surface area contributed by atoms with E-state index in [0.717, 1.165) is 59.7 Å². The third-order valence-corrected chi connectivity index (χ3v) is 12.1. The highest BCUT2D eigenvalue weighted by Crippen LogP contribution is 2.69. The summed E-state index contributed by atoms with van der Waals surface area (Å²) in [4.78, 5) is 12.0. The van der Waals surface area contributed by atoms with Gasteiger partial charge in [0.05, 0.1) is 12.5 Å². The summed E-state index contributed by atoms with van der Waals surface area (Å²) in [5.41, 5.74) is 0. The van der Waals surface area contributed by atoms with Crippen LogP contribution in [0.3, 0.4) is 0 Å². The first kappa shape index (κ1) is 22.1. The molecule has 0 amide bonds. The van der Waals surface area contributed by atoms with Crippen LogP contribution in [0, 0.1) is 88.8 Å². The molecule has 0 aromatic heterocycles. The van der Waals surface area contributed by atoms with Crippen LogP contribution in [-0.2, 0) is 9.53 Å². The van der Waals surface area contributed by atoms with Crippen molar-refractivity contribution in [2.24, 2.45) is 88.8 Å². The molecule has 6 fully saturated rings. The molecule has 0 aromatic carbocycles. The van der Waals surface area contributed by atoms with Crippen LogP contribution < -0.4 is 0 Å². The molecule has 0 spiro atoms. The van der Waals surface area contributed by atoms with Crippen LogP contribution in [0.5, 0.6) is 0 Å². The molecule has 15 unspecified atom stereocenters. The van der Waals surface area contributed by atoms with Crippen LogP contribution in [0.2, 0.25) is 0 Å². The normalized spacial score (nSPS) is 55.6. The van der Waals surface area contributed by atoms with Gasteiger partial charge in [0, 0.05) is 13.2 Å². The quantitative estimate of drug-likeness (QED) is 0.328. The van der Waals surface area contributed by atoms with Crippen molar-refractivity contribution in [1.82, 2.24) is 0 Å². The van der Waals surface area contributed by atoms with Gasteiger partial charge in [0.15, 0.2) is 0 Å². The molecule has 8 aliphatic carbocycles. The number of carbonyl (C=O) groups excluding carboxylic acids is 1. The van der Waals surface area contributed by atoms with E-state index in [2.05, 4.69) is 24.3 Å². The average Bonchev–Trinajstić information content (AvgIpc) is 3.71. The van der Waals surface area contributed by atoms with Crippen LogP contribution in [0.15, 0.2) is 24.3 Å². The summed E-state index contributed by atoms with van der Waals surface area (Å²) in [5.74, 6) is 10.1. The van der Waals surface area contributed by atoms with Crippen LogP contribution in [0.4, 0.5) is 0 Å². The van der Waals surface area contributed by atoms with Crippen LogP contribution >= 0.6 is 0 Å². The first-order valence-electron chi connectivity index (χ1n) is 14.0. The van der Waals surface area contributed by atoms with Crippen molar-refractivity contribution in [2.75, 3.05) is 26.4 Å². The summed E-state index contributed by atoms with van der Waals surface area (Å²) in [6.45, 7) is 0.673. The average molecular weight is 469 g/mol. The molecule has 34 heavy (non-hydrogen) atoms. The fraction of sp³-hybridized carbons (Fsp3) is 0.828. The standard InChI is InChI=1S/C15H20O3.C14H20O2/c16-3-4-18-15(17)12-7-10-6-11(12)14-9-2-1-8(5-9)13(10)14;15-5-11-9-4-10(12(11)6-16)14-8-2-1-7(3-8)13(9)14/h1-2,8-14,16H,3-7H2;1-2,7-16H,3-6H2. The van der Waals surface area contributed by atoms with E-state index in [-0.39, 0.29) is 38.3 Å². The monoisotopic (exact) mass is 468 g/mol. The number of hydrogen-bond donors (Lipinski definition) is 3. The second kappa shape index (κ2) is 8.18. The first-order chi connectivity index (χ1) is 16.6. The Morgan fingerprint density at radius 3 is 1.74 bits per heavy atom. The zero-order chi connectivity index (χ0) is 23.1. The summed E-state index contributed by atoms with van der Waals surface area (Å²) in [7, 11) is 0. The fourth-order valence-electron chi connectivity index (χ4n) is 11.4. The minimum absolute atomic E-state index is 0.0539. The van der Waals surface area contributed by atoms with Gasteiger partial charge >= 0.3 is 5.97 Å².